The third kappa shape index (κ3) is 1.79. The molecule has 0 bridgehead atoms. The van der Waals surface area contributed by atoms with Gasteiger partial charge in [-0.3, -0.25) is 0 Å². The summed E-state index contributed by atoms with van der Waals surface area (Å²) < 4.78 is 0. The van der Waals surface area contributed by atoms with Crippen LogP contribution in [-0.2, 0) is 0 Å². The van der Waals surface area contributed by atoms with Crippen LogP contribution in [0.4, 0.5) is 0 Å². The maximum Gasteiger partial charge on any atom is 0.0723 e. The molecule has 0 atom stereocenters. The van der Waals surface area contributed by atoms with Crippen molar-refractivity contribution in [2.24, 2.45) is 0 Å². The van der Waals surface area contributed by atoms with Crippen molar-refractivity contribution in [1.29, 1.82) is 0 Å². The second kappa shape index (κ2) is 2.97. The fraction of sp³-hybridized carbons (Fsp3) is 0.429. The average molecular weight is 141 g/mol. The second-order valence-electron chi connectivity index (χ2n) is 1.94. The molecule has 0 spiro atoms. The monoisotopic (exact) mass is 141 g/mol. The minimum atomic E-state index is 1.14. The summed E-state index contributed by atoms with van der Waals surface area (Å²) in [5, 5.41) is 1.27. The first-order valence-electron chi connectivity index (χ1n) is 3.11. The maximum absolute atomic E-state index is 3.24. The molecule has 0 aliphatic carbocycles. The lowest BCUT2D eigenvalue weighted by atomic mass is 10.5. The number of aryl methyl sites for hydroxylation is 1. The molecule has 1 nitrogen and oxygen atoms in total. The van der Waals surface area contributed by atoms with Crippen LogP contribution in [0.25, 0.3) is 0 Å². The Morgan fingerprint density at radius 2 is 2.33 bits per heavy atom. The highest BCUT2D eigenvalue weighted by atomic mass is 32.2. The first kappa shape index (κ1) is 6.75. The van der Waals surface area contributed by atoms with E-state index in [9.17, 15) is 0 Å². The predicted molar refractivity (Wildman–Crippen MR) is 41.9 cm³/mol. The summed E-state index contributed by atoms with van der Waals surface area (Å²) in [4.78, 5) is 3.24. The van der Waals surface area contributed by atoms with Gasteiger partial charge in [-0.1, -0.05) is 6.92 Å². The van der Waals surface area contributed by atoms with Crippen molar-refractivity contribution in [3.8, 4) is 0 Å². The van der Waals surface area contributed by atoms with E-state index in [0.717, 1.165) is 5.75 Å². The van der Waals surface area contributed by atoms with E-state index < -0.39 is 0 Å². The SMILES string of the molecule is CCSc1ccc(C)[nH]1. The Hall–Kier alpha value is -0.370. The number of aromatic nitrogens is 1. The van der Waals surface area contributed by atoms with E-state index >= 15 is 0 Å². The first-order chi connectivity index (χ1) is 4.33. The van der Waals surface area contributed by atoms with Crippen LogP contribution in [0.15, 0.2) is 17.2 Å². The number of nitrogens with one attached hydrogen (secondary N) is 1. The summed E-state index contributed by atoms with van der Waals surface area (Å²) in [6, 6.07) is 4.21. The first-order valence-corrected chi connectivity index (χ1v) is 4.10. The molecule has 1 aromatic heterocycles. The van der Waals surface area contributed by atoms with Crippen LogP contribution in [0.3, 0.4) is 0 Å². The van der Waals surface area contributed by atoms with Crippen LogP contribution in [0.2, 0.25) is 0 Å². The third-order valence-corrected chi connectivity index (χ3v) is 1.94. The number of hydrogen-bond donors (Lipinski definition) is 1. The summed E-state index contributed by atoms with van der Waals surface area (Å²) in [6.45, 7) is 4.22. The molecule has 0 amide bonds. The van der Waals surface area contributed by atoms with Crippen LogP contribution < -0.4 is 0 Å². The van der Waals surface area contributed by atoms with E-state index in [0.29, 0.717) is 0 Å². The Morgan fingerprint density at radius 3 is 2.78 bits per heavy atom. The van der Waals surface area contributed by atoms with Gasteiger partial charge in [0.05, 0.1) is 5.03 Å². The van der Waals surface area contributed by atoms with Crippen molar-refractivity contribution in [2.75, 3.05) is 5.75 Å². The highest BCUT2D eigenvalue weighted by Crippen LogP contribution is 2.15. The molecule has 0 radical (unpaired) electrons. The van der Waals surface area contributed by atoms with Crippen molar-refractivity contribution in [1.82, 2.24) is 4.98 Å². The lowest BCUT2D eigenvalue weighted by Gasteiger charge is -1.89. The highest BCUT2D eigenvalue weighted by molar-refractivity contribution is 7.99. The van der Waals surface area contributed by atoms with Gasteiger partial charge in [0.25, 0.3) is 0 Å². The topological polar surface area (TPSA) is 15.8 Å². The van der Waals surface area contributed by atoms with Crippen molar-refractivity contribution in [3.63, 3.8) is 0 Å². The molecule has 1 heterocycles. The average Bonchev–Trinajstić information content (AvgIpc) is 2.17. The van der Waals surface area contributed by atoms with Gasteiger partial charge in [-0.15, -0.1) is 11.8 Å². The summed E-state index contributed by atoms with van der Waals surface area (Å²) in [7, 11) is 0. The molecule has 2 heteroatoms. The Balaban J connectivity index is 2.61. The summed E-state index contributed by atoms with van der Waals surface area (Å²) in [5.74, 6) is 1.14. The summed E-state index contributed by atoms with van der Waals surface area (Å²) >= 11 is 1.84. The molecule has 0 aromatic carbocycles. The summed E-state index contributed by atoms with van der Waals surface area (Å²) in [5.41, 5.74) is 1.24. The molecule has 0 aliphatic heterocycles. The fourth-order valence-electron chi connectivity index (χ4n) is 0.718. The number of thioether (sulfide) groups is 1. The van der Waals surface area contributed by atoms with Crippen molar-refractivity contribution >= 4 is 11.8 Å². The minimum absolute atomic E-state index is 1.14. The van der Waals surface area contributed by atoms with Gasteiger partial charge in [-0.2, -0.15) is 0 Å². The molecular weight excluding hydrogens is 130 g/mol. The van der Waals surface area contributed by atoms with Gasteiger partial charge in [0, 0.05) is 5.69 Å². The van der Waals surface area contributed by atoms with Gasteiger partial charge in [0.2, 0.25) is 0 Å². The molecular formula is C7H11NS. The van der Waals surface area contributed by atoms with E-state index in [-0.39, 0.29) is 0 Å². The van der Waals surface area contributed by atoms with Crippen molar-refractivity contribution in [2.45, 2.75) is 18.9 Å². The minimum Gasteiger partial charge on any atom is -0.354 e. The molecule has 1 aromatic rings. The highest BCUT2D eigenvalue weighted by Gasteiger charge is 1.91. The van der Waals surface area contributed by atoms with Crippen LogP contribution in [0, 0.1) is 6.92 Å². The quantitative estimate of drug-likeness (QED) is 0.625. The van der Waals surface area contributed by atoms with Crippen LogP contribution >= 0.6 is 11.8 Å². The summed E-state index contributed by atoms with van der Waals surface area (Å²) in [6.07, 6.45) is 0. The van der Waals surface area contributed by atoms with E-state index in [1.807, 2.05) is 11.8 Å². The zero-order valence-electron chi connectivity index (χ0n) is 5.77. The molecule has 9 heavy (non-hydrogen) atoms. The van der Waals surface area contributed by atoms with Gasteiger partial charge in [0.1, 0.15) is 0 Å². The molecule has 0 saturated carbocycles. The fourth-order valence-corrected chi connectivity index (χ4v) is 1.43. The molecule has 0 saturated heterocycles. The number of aromatic amines is 1. The van der Waals surface area contributed by atoms with E-state index in [4.69, 9.17) is 0 Å². The Kier molecular flexibility index (Phi) is 2.22. The Labute approximate surface area is 59.9 Å². The predicted octanol–water partition coefficient (Wildman–Crippen LogP) is 2.44. The third-order valence-electron chi connectivity index (χ3n) is 1.10. The molecule has 1 N–H and O–H groups in total. The van der Waals surface area contributed by atoms with Crippen LogP contribution in [-0.4, -0.2) is 10.7 Å². The van der Waals surface area contributed by atoms with E-state index in [1.165, 1.54) is 10.7 Å². The standard InChI is InChI=1S/C7H11NS/c1-3-9-7-5-4-6(2)8-7/h4-5,8H,3H2,1-2H3. The lowest BCUT2D eigenvalue weighted by molar-refractivity contribution is 1.14. The second-order valence-corrected chi connectivity index (χ2v) is 3.24. The number of rotatable bonds is 2. The number of hydrogen-bond acceptors (Lipinski definition) is 1. The van der Waals surface area contributed by atoms with Crippen molar-refractivity contribution in [3.05, 3.63) is 17.8 Å². The van der Waals surface area contributed by atoms with Crippen LogP contribution in [0.1, 0.15) is 12.6 Å². The molecule has 0 fully saturated rings. The Bertz CT molecular complexity index is 181. The number of H-pyrrole nitrogens is 1. The van der Waals surface area contributed by atoms with Gasteiger partial charge in [-0.25, -0.2) is 0 Å². The van der Waals surface area contributed by atoms with Crippen molar-refractivity contribution < 1.29 is 0 Å². The molecule has 50 valence electrons. The van der Waals surface area contributed by atoms with Crippen LogP contribution in [0.5, 0.6) is 0 Å². The van der Waals surface area contributed by atoms with Gasteiger partial charge >= 0.3 is 0 Å². The normalized spacial score (nSPS) is 10.0. The maximum atomic E-state index is 3.24. The van der Waals surface area contributed by atoms with Gasteiger partial charge in [-0.05, 0) is 24.8 Å². The largest absolute Gasteiger partial charge is 0.354 e. The van der Waals surface area contributed by atoms with E-state index in [2.05, 4.69) is 31.0 Å². The van der Waals surface area contributed by atoms with Gasteiger partial charge < -0.3 is 4.98 Å². The van der Waals surface area contributed by atoms with Gasteiger partial charge in [0.15, 0.2) is 0 Å². The zero-order chi connectivity index (χ0) is 6.69. The smallest absolute Gasteiger partial charge is 0.0723 e. The molecule has 0 unspecified atom stereocenters. The Morgan fingerprint density at radius 1 is 1.56 bits per heavy atom. The van der Waals surface area contributed by atoms with E-state index in [1.54, 1.807) is 0 Å². The zero-order valence-corrected chi connectivity index (χ0v) is 6.59. The lowest BCUT2D eigenvalue weighted by Crippen LogP contribution is -1.71. The molecule has 1 rings (SSSR count). The molecule has 0 aliphatic rings.